The fourth-order valence-electron chi connectivity index (χ4n) is 2.48. The Morgan fingerprint density at radius 1 is 0.920 bits per heavy atom. The summed E-state index contributed by atoms with van der Waals surface area (Å²) in [6.45, 7) is 12.6. The minimum atomic E-state index is -2.97. The van der Waals surface area contributed by atoms with Gasteiger partial charge >= 0.3 is 8.80 Å². The number of rotatable bonds is 14. The van der Waals surface area contributed by atoms with Crippen molar-refractivity contribution >= 4 is 21.0 Å². The molecule has 0 aromatic rings. The van der Waals surface area contributed by atoms with Gasteiger partial charge in [-0.2, -0.15) is 0 Å². The van der Waals surface area contributed by atoms with E-state index in [0.29, 0.717) is 38.4 Å². The third-order valence-corrected chi connectivity index (χ3v) is 6.68. The Morgan fingerprint density at radius 2 is 1.40 bits per heavy atom. The maximum atomic E-state index is 10.3. The highest BCUT2D eigenvalue weighted by Crippen LogP contribution is 2.30. The maximum absolute atomic E-state index is 10.3. The van der Waals surface area contributed by atoms with Crippen molar-refractivity contribution in [3.05, 3.63) is 0 Å². The molecule has 0 fully saturated rings. The van der Waals surface area contributed by atoms with Crippen LogP contribution in [0.15, 0.2) is 9.98 Å². The molecule has 0 N–H and O–H groups in total. The minimum Gasteiger partial charge on any atom is -0.371 e. The molecule has 0 aliphatic rings. The van der Waals surface area contributed by atoms with E-state index in [1.54, 1.807) is 12.2 Å². The van der Waals surface area contributed by atoms with Crippen LogP contribution in [0.4, 0.5) is 0 Å². The largest absolute Gasteiger partial charge is 0.501 e. The highest BCUT2D eigenvalue weighted by Gasteiger charge is 2.46. The molecule has 25 heavy (non-hydrogen) atoms. The first-order chi connectivity index (χ1) is 11.7. The Kier molecular flexibility index (Phi) is 11.7. The van der Waals surface area contributed by atoms with Crippen LogP contribution in [-0.4, -0.2) is 51.9 Å². The van der Waals surface area contributed by atoms with Gasteiger partial charge in [-0.3, -0.25) is 0 Å². The fraction of sp³-hybridized carbons (Fsp3) is 0.882. The molecular formula is C17H32N2O5Si. The molecule has 0 aromatic carbocycles. The Hall–Kier alpha value is -1.14. The molecule has 0 aliphatic heterocycles. The molecule has 7 nitrogen and oxygen atoms in total. The van der Waals surface area contributed by atoms with Crippen molar-refractivity contribution in [1.82, 2.24) is 0 Å². The first-order valence-electron chi connectivity index (χ1n) is 8.79. The normalized spacial score (nSPS) is 12.2. The lowest BCUT2D eigenvalue weighted by molar-refractivity contribution is -0.0407. The van der Waals surface area contributed by atoms with Crippen molar-refractivity contribution in [3.8, 4) is 0 Å². The lowest BCUT2D eigenvalue weighted by Gasteiger charge is -2.39. The summed E-state index contributed by atoms with van der Waals surface area (Å²) < 4.78 is 18.7. The molecule has 0 spiro atoms. The number of nitrogens with zero attached hydrogens (tertiary/aromatic N) is 2. The standard InChI is InChI=1S/C17H32N2O5Si/c1-15(2)22-25(23-16(3)4,12-8-11-19-14-21)24-17(5,6)9-7-10-18-13-20/h15-16H,7-12H2,1-6H3. The van der Waals surface area contributed by atoms with E-state index >= 15 is 0 Å². The van der Waals surface area contributed by atoms with Crippen LogP contribution in [0.5, 0.6) is 0 Å². The summed E-state index contributed by atoms with van der Waals surface area (Å²) in [6, 6.07) is 0.574. The predicted molar refractivity (Wildman–Crippen MR) is 98.0 cm³/mol. The minimum absolute atomic E-state index is 0.0459. The lowest BCUT2D eigenvalue weighted by Crippen LogP contribution is -2.53. The molecular weight excluding hydrogens is 340 g/mol. The number of isocyanates is 2. The third kappa shape index (κ3) is 11.9. The first-order valence-corrected chi connectivity index (χ1v) is 10.7. The zero-order valence-electron chi connectivity index (χ0n) is 16.3. The molecule has 0 rings (SSSR count). The van der Waals surface area contributed by atoms with E-state index in [4.69, 9.17) is 13.3 Å². The molecule has 0 heterocycles. The van der Waals surface area contributed by atoms with Gasteiger partial charge in [-0.25, -0.2) is 19.6 Å². The summed E-state index contributed by atoms with van der Waals surface area (Å²) >= 11 is 0. The van der Waals surface area contributed by atoms with Crippen LogP contribution < -0.4 is 0 Å². The van der Waals surface area contributed by atoms with Gasteiger partial charge in [0.05, 0.1) is 18.7 Å². The van der Waals surface area contributed by atoms with Gasteiger partial charge in [0.25, 0.3) is 0 Å². The molecule has 0 aromatic heterocycles. The van der Waals surface area contributed by atoms with Gasteiger partial charge in [-0.05, 0) is 60.8 Å². The van der Waals surface area contributed by atoms with Gasteiger partial charge in [0.1, 0.15) is 0 Å². The summed E-state index contributed by atoms with van der Waals surface area (Å²) in [5.41, 5.74) is -0.484. The van der Waals surface area contributed by atoms with E-state index in [9.17, 15) is 9.59 Å². The van der Waals surface area contributed by atoms with E-state index in [0.717, 1.165) is 0 Å². The van der Waals surface area contributed by atoms with E-state index in [1.807, 2.05) is 41.5 Å². The number of aliphatic imine (C=N–C) groups is 2. The van der Waals surface area contributed by atoms with E-state index in [1.165, 1.54) is 0 Å². The van der Waals surface area contributed by atoms with Crippen LogP contribution in [0.25, 0.3) is 0 Å². The Bertz CT molecular complexity index is 460. The van der Waals surface area contributed by atoms with Gasteiger partial charge in [0, 0.05) is 18.3 Å². The topological polar surface area (TPSA) is 86.6 Å². The molecule has 0 amide bonds. The van der Waals surface area contributed by atoms with Gasteiger partial charge in [-0.15, -0.1) is 0 Å². The highest BCUT2D eigenvalue weighted by atomic mass is 28.4. The van der Waals surface area contributed by atoms with Gasteiger partial charge in [-0.1, -0.05) is 0 Å². The van der Waals surface area contributed by atoms with Crippen molar-refractivity contribution in [2.75, 3.05) is 13.1 Å². The Balaban J connectivity index is 5.19. The first kappa shape index (κ1) is 23.9. The molecule has 0 saturated carbocycles. The maximum Gasteiger partial charge on any atom is 0.501 e. The number of carbonyl (C=O) groups excluding carboxylic acids is 2. The second-order valence-electron chi connectivity index (χ2n) is 7.03. The van der Waals surface area contributed by atoms with Crippen molar-refractivity contribution in [2.24, 2.45) is 9.98 Å². The van der Waals surface area contributed by atoms with Gasteiger partial charge in [0.2, 0.25) is 12.2 Å². The molecule has 0 saturated heterocycles. The Labute approximate surface area is 152 Å². The molecule has 0 unspecified atom stereocenters. The second-order valence-corrected chi connectivity index (χ2v) is 9.57. The van der Waals surface area contributed by atoms with Crippen LogP contribution in [0.3, 0.4) is 0 Å². The van der Waals surface area contributed by atoms with Crippen LogP contribution >= 0.6 is 0 Å². The number of hydrogen-bond acceptors (Lipinski definition) is 7. The van der Waals surface area contributed by atoms with Crippen molar-refractivity contribution < 1.29 is 22.9 Å². The molecule has 8 heteroatoms. The average molecular weight is 373 g/mol. The average Bonchev–Trinajstić information content (AvgIpc) is 2.46. The molecule has 0 atom stereocenters. The second kappa shape index (κ2) is 12.2. The lowest BCUT2D eigenvalue weighted by atomic mass is 10.0. The molecule has 0 bridgehead atoms. The Morgan fingerprint density at radius 3 is 1.84 bits per heavy atom. The third-order valence-electron chi connectivity index (χ3n) is 3.19. The monoisotopic (exact) mass is 372 g/mol. The van der Waals surface area contributed by atoms with E-state index in [2.05, 4.69) is 9.98 Å². The van der Waals surface area contributed by atoms with Crippen molar-refractivity contribution in [3.63, 3.8) is 0 Å². The quantitative estimate of drug-likeness (QED) is 0.202. The van der Waals surface area contributed by atoms with Crippen molar-refractivity contribution in [2.45, 2.75) is 84.7 Å². The smallest absolute Gasteiger partial charge is 0.371 e. The van der Waals surface area contributed by atoms with E-state index < -0.39 is 14.4 Å². The summed E-state index contributed by atoms with van der Waals surface area (Å²) in [6.07, 6.45) is 5.06. The zero-order chi connectivity index (χ0) is 19.3. The summed E-state index contributed by atoms with van der Waals surface area (Å²) in [4.78, 5) is 27.6. The van der Waals surface area contributed by atoms with Gasteiger partial charge in [0.15, 0.2) is 0 Å². The van der Waals surface area contributed by atoms with Crippen LogP contribution in [0.1, 0.15) is 60.8 Å². The van der Waals surface area contributed by atoms with Crippen LogP contribution in [0.2, 0.25) is 6.04 Å². The summed E-state index contributed by atoms with van der Waals surface area (Å²) in [7, 11) is -2.97. The SMILES string of the molecule is CC(C)O[Si](CCCN=C=O)(OC(C)C)OC(C)(C)CCCN=C=O. The van der Waals surface area contributed by atoms with Crippen LogP contribution in [-0.2, 0) is 22.9 Å². The van der Waals surface area contributed by atoms with Crippen LogP contribution in [0, 0.1) is 0 Å². The fourth-order valence-corrected chi connectivity index (χ4v) is 5.95. The zero-order valence-corrected chi connectivity index (χ0v) is 17.3. The predicted octanol–water partition coefficient (Wildman–Crippen LogP) is 3.41. The van der Waals surface area contributed by atoms with Crippen molar-refractivity contribution in [1.29, 1.82) is 0 Å². The van der Waals surface area contributed by atoms with Gasteiger partial charge < -0.3 is 13.3 Å². The molecule has 0 radical (unpaired) electrons. The summed E-state index contributed by atoms with van der Waals surface area (Å²) in [5.74, 6) is 0. The van der Waals surface area contributed by atoms with E-state index in [-0.39, 0.29) is 12.2 Å². The number of hydrogen-bond donors (Lipinski definition) is 0. The highest BCUT2D eigenvalue weighted by molar-refractivity contribution is 6.61. The summed E-state index contributed by atoms with van der Waals surface area (Å²) in [5, 5.41) is 0. The molecule has 144 valence electrons. The molecule has 0 aliphatic carbocycles.